The molecular formula is C28H33N3O4. The van der Waals surface area contributed by atoms with Crippen LogP contribution >= 0.6 is 0 Å². The van der Waals surface area contributed by atoms with Gasteiger partial charge in [0.05, 0.1) is 12.9 Å². The van der Waals surface area contributed by atoms with Crippen LogP contribution in [-0.2, 0) is 4.79 Å². The van der Waals surface area contributed by atoms with E-state index >= 15 is 0 Å². The largest absolute Gasteiger partial charge is 0.494 e. The number of amides is 2. The number of nitrogens with zero attached hydrogens (tertiary/aromatic N) is 2. The Bertz CT molecular complexity index is 1100. The summed E-state index contributed by atoms with van der Waals surface area (Å²) in [4.78, 5) is 31.1. The van der Waals surface area contributed by atoms with Gasteiger partial charge < -0.3 is 19.4 Å². The Labute approximate surface area is 206 Å². The zero-order valence-corrected chi connectivity index (χ0v) is 20.6. The minimum atomic E-state index is -0.873. The van der Waals surface area contributed by atoms with Crippen LogP contribution in [0.25, 0.3) is 0 Å². The number of carbonyl (C=O) groups is 2. The van der Waals surface area contributed by atoms with Crippen LogP contribution in [-0.4, -0.2) is 38.6 Å². The number of anilines is 2. The zero-order chi connectivity index (χ0) is 24.8. The molecule has 2 aromatic carbocycles. The molecule has 35 heavy (non-hydrogen) atoms. The summed E-state index contributed by atoms with van der Waals surface area (Å²) in [6.45, 7) is 2.46. The van der Waals surface area contributed by atoms with Crippen molar-refractivity contribution < 1.29 is 18.7 Å². The van der Waals surface area contributed by atoms with Crippen LogP contribution < -0.4 is 19.9 Å². The molecule has 1 heterocycles. The first-order valence-electron chi connectivity index (χ1n) is 12.2. The fraction of sp³-hybridized carbons (Fsp3) is 0.357. The van der Waals surface area contributed by atoms with Gasteiger partial charge in [0.2, 0.25) is 5.91 Å². The van der Waals surface area contributed by atoms with Crippen molar-refractivity contribution in [1.82, 2.24) is 5.32 Å². The molecule has 7 heteroatoms. The third-order valence-electron chi connectivity index (χ3n) is 6.31. The Hall–Kier alpha value is -3.74. The lowest BCUT2D eigenvalue weighted by Crippen LogP contribution is -2.46. The van der Waals surface area contributed by atoms with Crippen LogP contribution in [0.5, 0.6) is 5.75 Å². The van der Waals surface area contributed by atoms with Gasteiger partial charge in [0, 0.05) is 31.5 Å². The van der Waals surface area contributed by atoms with Gasteiger partial charge in [-0.2, -0.15) is 0 Å². The van der Waals surface area contributed by atoms with Gasteiger partial charge in [-0.25, -0.2) is 0 Å². The molecule has 1 atom stereocenters. The maximum Gasteiger partial charge on any atom is 0.294 e. The van der Waals surface area contributed by atoms with E-state index in [9.17, 15) is 9.59 Å². The van der Waals surface area contributed by atoms with Gasteiger partial charge in [-0.15, -0.1) is 0 Å². The Balaban J connectivity index is 1.78. The van der Waals surface area contributed by atoms with E-state index < -0.39 is 6.04 Å². The number of nitrogens with one attached hydrogen (secondary N) is 1. The first-order valence-corrected chi connectivity index (χ1v) is 12.2. The summed E-state index contributed by atoms with van der Waals surface area (Å²) < 4.78 is 11.0. The van der Waals surface area contributed by atoms with E-state index in [0.717, 1.165) is 36.9 Å². The zero-order valence-electron chi connectivity index (χ0n) is 20.6. The molecule has 1 aliphatic carbocycles. The number of hydrogen-bond donors (Lipinski definition) is 1. The van der Waals surface area contributed by atoms with Crippen molar-refractivity contribution in [1.29, 1.82) is 0 Å². The molecule has 0 spiro atoms. The lowest BCUT2D eigenvalue weighted by Gasteiger charge is -2.32. The molecule has 1 unspecified atom stereocenters. The van der Waals surface area contributed by atoms with Crippen LogP contribution in [0.2, 0.25) is 0 Å². The summed E-state index contributed by atoms with van der Waals surface area (Å²) in [5, 5.41) is 3.20. The van der Waals surface area contributed by atoms with Gasteiger partial charge in [0.1, 0.15) is 11.8 Å². The molecule has 3 aromatic rings. The first kappa shape index (κ1) is 24.4. The highest BCUT2D eigenvalue weighted by molar-refractivity contribution is 6.08. The average Bonchev–Trinajstić information content (AvgIpc) is 3.58. The summed E-state index contributed by atoms with van der Waals surface area (Å²) in [6.07, 6.45) is 5.56. The third kappa shape index (κ3) is 5.67. The fourth-order valence-electron chi connectivity index (χ4n) is 4.49. The lowest BCUT2D eigenvalue weighted by atomic mass is 10.0. The number of carbonyl (C=O) groups excluding carboxylic acids is 2. The molecule has 7 nitrogen and oxygen atoms in total. The van der Waals surface area contributed by atoms with E-state index in [1.807, 2.05) is 62.3 Å². The quantitative estimate of drug-likeness (QED) is 0.461. The van der Waals surface area contributed by atoms with Crippen molar-refractivity contribution in [2.75, 3.05) is 30.5 Å². The highest BCUT2D eigenvalue weighted by Gasteiger charge is 2.35. The predicted octanol–water partition coefficient (Wildman–Crippen LogP) is 5.19. The summed E-state index contributed by atoms with van der Waals surface area (Å²) >= 11 is 0. The highest BCUT2D eigenvalue weighted by atomic mass is 16.5. The van der Waals surface area contributed by atoms with Gasteiger partial charge in [-0.1, -0.05) is 25.0 Å². The molecule has 184 valence electrons. The average molecular weight is 476 g/mol. The Morgan fingerprint density at radius 1 is 1.00 bits per heavy atom. The van der Waals surface area contributed by atoms with E-state index in [1.165, 1.54) is 11.2 Å². The number of hydrogen-bond acceptors (Lipinski definition) is 5. The summed E-state index contributed by atoms with van der Waals surface area (Å²) in [7, 11) is 3.93. The van der Waals surface area contributed by atoms with E-state index in [1.54, 1.807) is 24.3 Å². The van der Waals surface area contributed by atoms with Gasteiger partial charge in [0.15, 0.2) is 5.76 Å². The molecule has 1 fully saturated rings. The second-order valence-corrected chi connectivity index (χ2v) is 8.96. The minimum Gasteiger partial charge on any atom is -0.494 e. The molecule has 0 aliphatic heterocycles. The summed E-state index contributed by atoms with van der Waals surface area (Å²) in [6, 6.07) is 17.5. The number of ether oxygens (including phenoxy) is 1. The minimum absolute atomic E-state index is 0.118. The topological polar surface area (TPSA) is 75.0 Å². The second-order valence-electron chi connectivity index (χ2n) is 8.96. The normalized spacial score (nSPS) is 14.4. The van der Waals surface area contributed by atoms with Crippen LogP contribution in [0.3, 0.4) is 0 Å². The van der Waals surface area contributed by atoms with E-state index in [2.05, 4.69) is 5.32 Å². The SMILES string of the molecule is CCOc1ccc(N(C(=O)c2ccco2)C(C(=O)NC2CCCC2)c2ccc(N(C)C)cc2)cc1. The van der Waals surface area contributed by atoms with Crippen LogP contribution in [0.15, 0.2) is 71.3 Å². The molecular weight excluding hydrogens is 442 g/mol. The van der Waals surface area contributed by atoms with Crippen molar-refractivity contribution in [3.63, 3.8) is 0 Å². The van der Waals surface area contributed by atoms with Crippen molar-refractivity contribution in [2.45, 2.75) is 44.7 Å². The lowest BCUT2D eigenvalue weighted by molar-refractivity contribution is -0.123. The molecule has 1 saturated carbocycles. The van der Waals surface area contributed by atoms with Crippen molar-refractivity contribution in [3.8, 4) is 5.75 Å². The maximum absolute atomic E-state index is 13.8. The van der Waals surface area contributed by atoms with Gasteiger partial charge in [-0.05, 0) is 73.9 Å². The number of benzene rings is 2. The monoisotopic (exact) mass is 475 g/mol. The fourth-order valence-corrected chi connectivity index (χ4v) is 4.49. The Morgan fingerprint density at radius 3 is 2.23 bits per heavy atom. The van der Waals surface area contributed by atoms with Crippen molar-refractivity contribution >= 4 is 23.2 Å². The number of rotatable bonds is 9. The van der Waals surface area contributed by atoms with E-state index in [4.69, 9.17) is 9.15 Å². The molecule has 0 radical (unpaired) electrons. The van der Waals surface area contributed by atoms with Crippen LogP contribution in [0.4, 0.5) is 11.4 Å². The van der Waals surface area contributed by atoms with Gasteiger partial charge in [-0.3, -0.25) is 14.5 Å². The molecule has 1 N–H and O–H groups in total. The number of furan rings is 1. The molecule has 1 aromatic heterocycles. The first-order chi connectivity index (χ1) is 17.0. The Morgan fingerprint density at radius 2 is 1.66 bits per heavy atom. The molecule has 0 saturated heterocycles. The van der Waals surface area contributed by atoms with Crippen molar-refractivity contribution in [3.05, 3.63) is 78.3 Å². The second kappa shape index (κ2) is 11.1. The standard InChI is InChI=1S/C28H33N3O4/c1-4-34-24-17-15-23(16-18-24)31(28(33)25-10-7-19-35-25)26(27(32)29-21-8-5-6-9-21)20-11-13-22(14-12-20)30(2)3/h7,10-19,21,26H,4-6,8-9H2,1-3H3,(H,29,32). The smallest absolute Gasteiger partial charge is 0.294 e. The van der Waals surface area contributed by atoms with Gasteiger partial charge >= 0.3 is 0 Å². The summed E-state index contributed by atoms with van der Waals surface area (Å²) in [5.74, 6) is 0.275. The molecule has 1 aliphatic rings. The van der Waals surface area contributed by atoms with E-state index in [-0.39, 0.29) is 23.6 Å². The molecule has 2 amide bonds. The summed E-state index contributed by atoms with van der Waals surface area (Å²) in [5.41, 5.74) is 2.31. The van der Waals surface area contributed by atoms with Crippen LogP contribution in [0.1, 0.15) is 54.8 Å². The van der Waals surface area contributed by atoms with Crippen LogP contribution in [0, 0.1) is 0 Å². The molecule has 0 bridgehead atoms. The third-order valence-corrected chi connectivity index (χ3v) is 6.31. The molecule has 4 rings (SSSR count). The maximum atomic E-state index is 13.8. The highest BCUT2D eigenvalue weighted by Crippen LogP contribution is 2.33. The van der Waals surface area contributed by atoms with Crippen molar-refractivity contribution in [2.24, 2.45) is 0 Å². The predicted molar refractivity (Wildman–Crippen MR) is 137 cm³/mol. The Kier molecular flexibility index (Phi) is 7.75. The van der Waals surface area contributed by atoms with Gasteiger partial charge in [0.25, 0.3) is 5.91 Å². The van der Waals surface area contributed by atoms with E-state index in [0.29, 0.717) is 18.0 Å².